The highest BCUT2D eigenvalue weighted by Crippen LogP contribution is 2.19. The van der Waals surface area contributed by atoms with Crippen LogP contribution in [0, 0.1) is 0 Å². The average Bonchev–Trinajstić information content (AvgIpc) is 2.61. The minimum Gasteiger partial charge on any atom is -0.353 e. The summed E-state index contributed by atoms with van der Waals surface area (Å²) >= 11 is 0. The summed E-state index contributed by atoms with van der Waals surface area (Å²) in [4.78, 5) is 14.5. The van der Waals surface area contributed by atoms with Crippen LogP contribution in [0.25, 0.3) is 0 Å². The molecule has 26 heavy (non-hydrogen) atoms. The highest BCUT2D eigenvalue weighted by Gasteiger charge is 2.31. The predicted octanol–water partition coefficient (Wildman–Crippen LogP) is 1.86. The molecule has 1 aliphatic rings. The number of benzene rings is 1. The van der Waals surface area contributed by atoms with Crippen LogP contribution < -0.4 is 5.32 Å². The zero-order chi connectivity index (χ0) is 19.3. The third kappa shape index (κ3) is 5.05. The second kappa shape index (κ2) is 8.97. The lowest BCUT2D eigenvalue weighted by atomic mass is 10.1. The van der Waals surface area contributed by atoms with Crippen molar-refractivity contribution in [2.45, 2.75) is 57.5 Å². The van der Waals surface area contributed by atoms with Crippen molar-refractivity contribution in [1.82, 2.24) is 14.5 Å². The van der Waals surface area contributed by atoms with Crippen molar-refractivity contribution in [3.05, 3.63) is 29.8 Å². The Morgan fingerprint density at radius 3 is 2.15 bits per heavy atom. The molecule has 1 heterocycles. The molecule has 1 aliphatic heterocycles. The highest BCUT2D eigenvalue weighted by molar-refractivity contribution is 7.89. The van der Waals surface area contributed by atoms with E-state index in [-0.39, 0.29) is 18.0 Å². The van der Waals surface area contributed by atoms with Gasteiger partial charge in [-0.1, -0.05) is 25.5 Å². The fourth-order valence-corrected chi connectivity index (χ4v) is 4.59. The molecule has 1 unspecified atom stereocenters. The number of carbonyl (C=O) groups is 1. The number of nitrogens with one attached hydrogen (secondary N) is 1. The summed E-state index contributed by atoms with van der Waals surface area (Å²) in [6.45, 7) is 9.75. The first-order valence-electron chi connectivity index (χ1n) is 9.39. The third-order valence-electron chi connectivity index (χ3n) is 4.73. The second-order valence-corrected chi connectivity index (χ2v) is 9.11. The molecule has 1 N–H and O–H groups in total. The Labute approximate surface area is 157 Å². The van der Waals surface area contributed by atoms with E-state index in [0.29, 0.717) is 31.1 Å². The molecule has 6 nitrogen and oxygen atoms in total. The number of carbonyl (C=O) groups excluding carboxylic acids is 1. The molecule has 146 valence electrons. The molecule has 0 bridgehead atoms. The molecule has 1 aromatic carbocycles. The van der Waals surface area contributed by atoms with Gasteiger partial charge in [0, 0.05) is 32.2 Å². The van der Waals surface area contributed by atoms with Crippen molar-refractivity contribution in [1.29, 1.82) is 0 Å². The summed E-state index contributed by atoms with van der Waals surface area (Å²) in [6.07, 6.45) is 1.99. The number of amides is 1. The lowest BCUT2D eigenvalue weighted by Gasteiger charge is -2.37. The Hall–Kier alpha value is -1.44. The first-order chi connectivity index (χ1) is 12.3. The summed E-state index contributed by atoms with van der Waals surface area (Å²) in [5.41, 5.74) is 1.15. The van der Waals surface area contributed by atoms with Crippen molar-refractivity contribution in [3.8, 4) is 0 Å². The van der Waals surface area contributed by atoms with Crippen molar-refractivity contribution in [3.63, 3.8) is 0 Å². The quantitative estimate of drug-likeness (QED) is 0.783. The summed E-state index contributed by atoms with van der Waals surface area (Å²) in [5, 5.41) is 2.91. The van der Waals surface area contributed by atoms with Crippen molar-refractivity contribution in [2.75, 3.05) is 26.2 Å². The SMILES string of the molecule is CCCc1ccc(S(=O)(=O)N2CCN(C(C)C(=O)NC(C)C)CC2)cc1. The number of hydrogen-bond acceptors (Lipinski definition) is 4. The molecule has 0 spiro atoms. The number of rotatable bonds is 7. The number of piperazine rings is 1. The van der Waals surface area contributed by atoms with Crippen LogP contribution in [0.2, 0.25) is 0 Å². The van der Waals surface area contributed by atoms with Crippen LogP contribution in [0.1, 0.15) is 39.7 Å². The van der Waals surface area contributed by atoms with Crippen LogP contribution in [-0.4, -0.2) is 61.8 Å². The van der Waals surface area contributed by atoms with Gasteiger partial charge in [-0.05, 0) is 44.9 Å². The second-order valence-electron chi connectivity index (χ2n) is 7.17. The Morgan fingerprint density at radius 2 is 1.65 bits per heavy atom. The van der Waals surface area contributed by atoms with Crippen molar-refractivity contribution < 1.29 is 13.2 Å². The molecule has 2 rings (SSSR count). The van der Waals surface area contributed by atoms with E-state index in [1.165, 1.54) is 4.31 Å². The van der Waals surface area contributed by atoms with Gasteiger partial charge in [-0.2, -0.15) is 4.31 Å². The highest BCUT2D eigenvalue weighted by atomic mass is 32.2. The molecule has 1 atom stereocenters. The van der Waals surface area contributed by atoms with Gasteiger partial charge in [0.15, 0.2) is 0 Å². The molecule has 0 aromatic heterocycles. The van der Waals surface area contributed by atoms with Crippen LogP contribution in [0.4, 0.5) is 0 Å². The molecule has 1 aromatic rings. The zero-order valence-corrected chi connectivity index (χ0v) is 17.1. The maximum atomic E-state index is 12.8. The fraction of sp³-hybridized carbons (Fsp3) is 0.632. The standard InChI is InChI=1S/C19H31N3O3S/c1-5-6-17-7-9-18(10-8-17)26(24,25)22-13-11-21(12-14-22)16(4)19(23)20-15(2)3/h7-10,15-16H,5-6,11-14H2,1-4H3,(H,20,23). The Balaban J connectivity index is 1.98. The van der Waals surface area contributed by atoms with Gasteiger partial charge in [0.1, 0.15) is 0 Å². The largest absolute Gasteiger partial charge is 0.353 e. The number of hydrogen-bond donors (Lipinski definition) is 1. The van der Waals surface area contributed by atoms with E-state index in [1.54, 1.807) is 12.1 Å². The molecule has 1 fully saturated rings. The van der Waals surface area contributed by atoms with Gasteiger partial charge in [-0.3, -0.25) is 9.69 Å². The minimum atomic E-state index is -3.48. The molecule has 0 saturated carbocycles. The van der Waals surface area contributed by atoms with Crippen LogP contribution in [0.15, 0.2) is 29.2 Å². The van der Waals surface area contributed by atoms with Gasteiger partial charge in [-0.25, -0.2) is 8.42 Å². The summed E-state index contributed by atoms with van der Waals surface area (Å²) < 4.78 is 27.2. The van der Waals surface area contributed by atoms with E-state index < -0.39 is 10.0 Å². The van der Waals surface area contributed by atoms with E-state index in [9.17, 15) is 13.2 Å². The van der Waals surface area contributed by atoms with Gasteiger partial charge in [0.2, 0.25) is 15.9 Å². The van der Waals surface area contributed by atoms with E-state index in [1.807, 2.05) is 37.8 Å². The Morgan fingerprint density at radius 1 is 1.08 bits per heavy atom. The van der Waals surface area contributed by atoms with E-state index in [4.69, 9.17) is 0 Å². The van der Waals surface area contributed by atoms with E-state index in [0.717, 1.165) is 18.4 Å². The average molecular weight is 382 g/mol. The molecule has 1 amide bonds. The van der Waals surface area contributed by atoms with Crippen molar-refractivity contribution in [2.24, 2.45) is 0 Å². The van der Waals surface area contributed by atoms with Crippen molar-refractivity contribution >= 4 is 15.9 Å². The topological polar surface area (TPSA) is 69.7 Å². The lowest BCUT2D eigenvalue weighted by molar-refractivity contribution is -0.126. The van der Waals surface area contributed by atoms with Crippen LogP contribution in [0.5, 0.6) is 0 Å². The minimum absolute atomic E-state index is 0.0113. The maximum absolute atomic E-state index is 12.8. The van der Waals surface area contributed by atoms with Gasteiger partial charge in [0.25, 0.3) is 0 Å². The molecular formula is C19H31N3O3S. The molecule has 1 saturated heterocycles. The molecule has 0 aliphatic carbocycles. The van der Waals surface area contributed by atoms with Gasteiger partial charge >= 0.3 is 0 Å². The lowest BCUT2D eigenvalue weighted by Crippen LogP contribution is -2.55. The third-order valence-corrected chi connectivity index (χ3v) is 6.64. The van der Waals surface area contributed by atoms with Gasteiger partial charge < -0.3 is 5.32 Å². The predicted molar refractivity (Wildman–Crippen MR) is 104 cm³/mol. The smallest absolute Gasteiger partial charge is 0.243 e. The fourth-order valence-electron chi connectivity index (χ4n) is 3.17. The van der Waals surface area contributed by atoms with Gasteiger partial charge in [0.05, 0.1) is 10.9 Å². The summed E-state index contributed by atoms with van der Waals surface area (Å²) in [7, 11) is -3.48. The normalized spacial score (nSPS) is 18.0. The molecule has 7 heteroatoms. The van der Waals surface area contributed by atoms with E-state index >= 15 is 0 Å². The first-order valence-corrected chi connectivity index (χ1v) is 10.8. The number of sulfonamides is 1. The molecule has 0 radical (unpaired) electrons. The summed E-state index contributed by atoms with van der Waals surface area (Å²) in [6, 6.07) is 7.03. The summed E-state index contributed by atoms with van der Waals surface area (Å²) in [5.74, 6) is -0.0113. The van der Waals surface area contributed by atoms with E-state index in [2.05, 4.69) is 12.2 Å². The van der Waals surface area contributed by atoms with Crippen LogP contribution in [0.3, 0.4) is 0 Å². The maximum Gasteiger partial charge on any atom is 0.243 e. The van der Waals surface area contributed by atoms with Gasteiger partial charge in [-0.15, -0.1) is 0 Å². The monoisotopic (exact) mass is 381 g/mol. The Kier molecular flexibility index (Phi) is 7.20. The number of nitrogens with zero attached hydrogens (tertiary/aromatic N) is 2. The van der Waals surface area contributed by atoms with Crippen LogP contribution >= 0.6 is 0 Å². The molecular weight excluding hydrogens is 350 g/mol. The zero-order valence-electron chi connectivity index (χ0n) is 16.2. The number of aryl methyl sites for hydroxylation is 1. The van der Waals surface area contributed by atoms with Crippen LogP contribution in [-0.2, 0) is 21.2 Å². The first kappa shape index (κ1) is 20.9. The Bertz CT molecular complexity index is 693.